The van der Waals surface area contributed by atoms with Crippen LogP contribution in [0.2, 0.25) is 0 Å². The van der Waals surface area contributed by atoms with Crippen LogP contribution in [0.3, 0.4) is 0 Å². The molecule has 0 bridgehead atoms. The van der Waals surface area contributed by atoms with E-state index in [1.807, 2.05) is 25.1 Å². The van der Waals surface area contributed by atoms with E-state index in [-0.39, 0.29) is 17.6 Å². The summed E-state index contributed by atoms with van der Waals surface area (Å²) >= 11 is 0. The Hall–Kier alpha value is -4.01. The number of carbonyl (C=O) groups excluding carboxylic acids is 2. The fourth-order valence-corrected chi connectivity index (χ4v) is 3.66. The molecule has 1 N–H and O–H groups in total. The third kappa shape index (κ3) is 5.67. The number of nitrogens with zero attached hydrogens (tertiary/aromatic N) is 3. The number of hydrogen-bond acceptors (Lipinski definition) is 5. The van der Waals surface area contributed by atoms with E-state index in [0.717, 1.165) is 11.4 Å². The Kier molecular flexibility index (Phi) is 7.01. The Labute approximate surface area is 196 Å². The highest BCUT2D eigenvalue weighted by molar-refractivity contribution is 6.04. The van der Waals surface area contributed by atoms with Crippen LogP contribution < -0.4 is 15.0 Å². The predicted molar refractivity (Wildman–Crippen MR) is 125 cm³/mol. The maximum atomic E-state index is 12.7. The van der Waals surface area contributed by atoms with Crippen LogP contribution in [0.4, 0.5) is 20.3 Å². The fraction of sp³-hybridized carbons (Fsp3) is 0.240. The second-order valence-corrected chi connectivity index (χ2v) is 7.91. The molecule has 9 heteroatoms. The first-order chi connectivity index (χ1) is 16.4. The van der Waals surface area contributed by atoms with Crippen molar-refractivity contribution in [1.82, 2.24) is 9.88 Å². The highest BCUT2D eigenvalue weighted by Gasteiger charge is 2.23. The number of anilines is 2. The number of carbonyl (C=O) groups is 2. The van der Waals surface area contributed by atoms with Gasteiger partial charge < -0.3 is 19.9 Å². The molecule has 1 aliphatic rings. The molecule has 1 aromatic heterocycles. The lowest BCUT2D eigenvalue weighted by Crippen LogP contribution is -2.49. The molecule has 2 amide bonds. The van der Waals surface area contributed by atoms with Crippen molar-refractivity contribution in [2.75, 3.05) is 36.4 Å². The number of halogens is 2. The van der Waals surface area contributed by atoms with E-state index >= 15 is 0 Å². The minimum absolute atomic E-state index is 0.0148. The van der Waals surface area contributed by atoms with Crippen LogP contribution in [0.5, 0.6) is 5.75 Å². The molecule has 2 heterocycles. The van der Waals surface area contributed by atoms with E-state index in [0.29, 0.717) is 43.0 Å². The average Bonchev–Trinajstić information content (AvgIpc) is 2.85. The maximum absolute atomic E-state index is 12.7. The van der Waals surface area contributed by atoms with E-state index in [9.17, 15) is 18.4 Å². The number of ether oxygens (including phenoxy) is 1. The van der Waals surface area contributed by atoms with Gasteiger partial charge in [-0.25, -0.2) is 4.98 Å². The van der Waals surface area contributed by atoms with Crippen LogP contribution in [-0.4, -0.2) is 54.5 Å². The predicted octanol–water partition coefficient (Wildman–Crippen LogP) is 4.21. The lowest BCUT2D eigenvalue weighted by Gasteiger charge is -2.35. The van der Waals surface area contributed by atoms with Crippen LogP contribution in [0.1, 0.15) is 26.3 Å². The van der Waals surface area contributed by atoms with E-state index < -0.39 is 6.61 Å². The van der Waals surface area contributed by atoms with Crippen molar-refractivity contribution in [2.24, 2.45) is 0 Å². The molecule has 4 rings (SSSR count). The van der Waals surface area contributed by atoms with Crippen LogP contribution in [0.25, 0.3) is 0 Å². The van der Waals surface area contributed by atoms with Gasteiger partial charge in [-0.3, -0.25) is 9.59 Å². The Morgan fingerprint density at radius 2 is 1.56 bits per heavy atom. The molecule has 176 valence electrons. The monoisotopic (exact) mass is 466 g/mol. The lowest BCUT2D eigenvalue weighted by molar-refractivity contribution is -0.0498. The van der Waals surface area contributed by atoms with Crippen molar-refractivity contribution in [3.8, 4) is 5.75 Å². The summed E-state index contributed by atoms with van der Waals surface area (Å²) in [5.74, 6) is 0.413. The molecule has 1 aliphatic heterocycles. The summed E-state index contributed by atoms with van der Waals surface area (Å²) in [5, 5.41) is 2.84. The number of amides is 2. The molecular formula is C25H24F2N4O3. The van der Waals surface area contributed by atoms with Gasteiger partial charge in [0, 0.05) is 37.3 Å². The highest BCUT2D eigenvalue weighted by Crippen LogP contribution is 2.20. The van der Waals surface area contributed by atoms with Crippen LogP contribution in [-0.2, 0) is 0 Å². The molecule has 1 fully saturated rings. The zero-order valence-electron chi connectivity index (χ0n) is 18.6. The largest absolute Gasteiger partial charge is 0.435 e. The third-order valence-electron chi connectivity index (χ3n) is 5.54. The van der Waals surface area contributed by atoms with Gasteiger partial charge in [-0.05, 0) is 55.5 Å². The number of nitrogens with one attached hydrogen (secondary N) is 1. The van der Waals surface area contributed by atoms with Crippen molar-refractivity contribution >= 4 is 23.3 Å². The van der Waals surface area contributed by atoms with Gasteiger partial charge in [0.2, 0.25) is 0 Å². The molecule has 0 aliphatic carbocycles. The van der Waals surface area contributed by atoms with Gasteiger partial charge in [0.1, 0.15) is 11.6 Å². The first-order valence-corrected chi connectivity index (χ1v) is 10.8. The molecule has 34 heavy (non-hydrogen) atoms. The Morgan fingerprint density at radius 3 is 2.15 bits per heavy atom. The first kappa shape index (κ1) is 23.2. The molecular weight excluding hydrogens is 442 g/mol. The maximum Gasteiger partial charge on any atom is 0.387 e. The van der Waals surface area contributed by atoms with Crippen molar-refractivity contribution in [3.63, 3.8) is 0 Å². The summed E-state index contributed by atoms with van der Waals surface area (Å²) in [7, 11) is 0. The minimum atomic E-state index is -2.90. The topological polar surface area (TPSA) is 74.8 Å². The molecule has 1 saturated heterocycles. The van der Waals surface area contributed by atoms with Crippen LogP contribution in [0.15, 0.2) is 66.9 Å². The molecule has 0 atom stereocenters. The SMILES string of the molecule is Cc1ccc(C(=O)Nc2ccc(N3CCN(C(=O)c4ccc(OC(F)F)cc4)CC3)nc2)cc1. The van der Waals surface area contributed by atoms with Gasteiger partial charge in [-0.1, -0.05) is 17.7 Å². The summed E-state index contributed by atoms with van der Waals surface area (Å²) in [6.45, 7) is 1.26. The Bertz CT molecular complexity index is 1130. The number of piperazine rings is 1. The molecule has 0 unspecified atom stereocenters. The van der Waals surface area contributed by atoms with E-state index in [4.69, 9.17) is 0 Å². The zero-order valence-corrected chi connectivity index (χ0v) is 18.6. The summed E-state index contributed by atoms with van der Waals surface area (Å²) in [6.07, 6.45) is 1.61. The minimum Gasteiger partial charge on any atom is -0.435 e. The summed E-state index contributed by atoms with van der Waals surface area (Å²) in [5.41, 5.74) is 2.68. The number of rotatable bonds is 6. The second-order valence-electron chi connectivity index (χ2n) is 7.91. The summed E-state index contributed by atoms with van der Waals surface area (Å²) < 4.78 is 28.9. The van der Waals surface area contributed by atoms with Crippen molar-refractivity contribution in [2.45, 2.75) is 13.5 Å². The number of aryl methyl sites for hydroxylation is 1. The summed E-state index contributed by atoms with van der Waals surface area (Å²) in [4.78, 5) is 33.3. The Balaban J connectivity index is 1.30. The van der Waals surface area contributed by atoms with Gasteiger partial charge in [-0.2, -0.15) is 8.78 Å². The number of pyridine rings is 1. The van der Waals surface area contributed by atoms with Gasteiger partial charge >= 0.3 is 6.61 Å². The lowest BCUT2D eigenvalue weighted by atomic mass is 10.1. The van der Waals surface area contributed by atoms with Crippen LogP contribution in [0, 0.1) is 6.92 Å². The number of hydrogen-bond donors (Lipinski definition) is 1. The molecule has 0 radical (unpaired) electrons. The second kappa shape index (κ2) is 10.3. The van der Waals surface area contributed by atoms with Gasteiger partial charge in [0.05, 0.1) is 11.9 Å². The molecule has 2 aromatic carbocycles. The van der Waals surface area contributed by atoms with Crippen molar-refractivity contribution in [3.05, 3.63) is 83.6 Å². The van der Waals surface area contributed by atoms with Crippen LogP contribution >= 0.6 is 0 Å². The quantitative estimate of drug-likeness (QED) is 0.589. The smallest absolute Gasteiger partial charge is 0.387 e. The van der Waals surface area contributed by atoms with Gasteiger partial charge in [0.25, 0.3) is 11.8 Å². The first-order valence-electron chi connectivity index (χ1n) is 10.8. The molecule has 0 spiro atoms. The normalized spacial score (nSPS) is 13.6. The van der Waals surface area contributed by atoms with Gasteiger partial charge in [-0.15, -0.1) is 0 Å². The molecule has 3 aromatic rings. The fourth-order valence-electron chi connectivity index (χ4n) is 3.66. The third-order valence-corrected chi connectivity index (χ3v) is 5.54. The zero-order chi connectivity index (χ0) is 24.1. The number of alkyl halides is 2. The summed E-state index contributed by atoms with van der Waals surface area (Å²) in [6, 6.07) is 16.7. The molecule has 7 nitrogen and oxygen atoms in total. The van der Waals surface area contributed by atoms with Crippen molar-refractivity contribution in [1.29, 1.82) is 0 Å². The van der Waals surface area contributed by atoms with Gasteiger partial charge in [0.15, 0.2) is 0 Å². The molecule has 0 saturated carbocycles. The number of aromatic nitrogens is 1. The Morgan fingerprint density at radius 1 is 0.912 bits per heavy atom. The van der Waals surface area contributed by atoms with E-state index in [1.54, 1.807) is 29.3 Å². The van der Waals surface area contributed by atoms with E-state index in [1.165, 1.54) is 24.3 Å². The highest BCUT2D eigenvalue weighted by atomic mass is 19.3. The number of benzene rings is 2. The van der Waals surface area contributed by atoms with Crippen molar-refractivity contribution < 1.29 is 23.1 Å². The standard InChI is InChI=1S/C25H24F2N4O3/c1-17-2-4-18(5-3-17)23(32)29-20-8-11-22(28-16-20)30-12-14-31(15-13-30)24(33)19-6-9-21(10-7-19)34-25(26)27/h2-11,16,25H,12-15H2,1H3,(H,29,32). The van der Waals surface area contributed by atoms with E-state index in [2.05, 4.69) is 19.9 Å². The average molecular weight is 466 g/mol.